The Morgan fingerprint density at radius 3 is 2.63 bits per heavy atom. The molecular formula is C21H15BrFN3O. The summed E-state index contributed by atoms with van der Waals surface area (Å²) in [5, 5.41) is 2.94. The second kappa shape index (κ2) is 6.96. The number of anilines is 1. The lowest BCUT2D eigenvalue weighted by Crippen LogP contribution is -2.14. The zero-order chi connectivity index (χ0) is 19.0. The molecule has 6 heteroatoms. The smallest absolute Gasteiger partial charge is 0.257 e. The number of hydrogen-bond acceptors (Lipinski definition) is 2. The van der Waals surface area contributed by atoms with Crippen LogP contribution in [-0.2, 0) is 0 Å². The standard InChI is InChI=1S/C21H15BrFN3O/c1-13-9-10-26-18(11-13)24-19(14-5-3-2-4-6-14)20(26)25-21(27)16-8-7-15(23)12-17(16)22/h2-12H,1H3,(H,25,27). The first-order valence-corrected chi connectivity index (χ1v) is 9.13. The van der Waals surface area contributed by atoms with Crippen LogP contribution in [0, 0.1) is 12.7 Å². The molecule has 134 valence electrons. The molecule has 1 N–H and O–H groups in total. The number of nitrogens with zero attached hydrogens (tertiary/aromatic N) is 2. The highest BCUT2D eigenvalue weighted by Gasteiger charge is 2.18. The molecule has 0 unspecified atom stereocenters. The highest BCUT2D eigenvalue weighted by atomic mass is 79.9. The first-order valence-electron chi connectivity index (χ1n) is 8.33. The Hall–Kier alpha value is -2.99. The zero-order valence-electron chi connectivity index (χ0n) is 14.4. The summed E-state index contributed by atoms with van der Waals surface area (Å²) in [7, 11) is 0. The van der Waals surface area contributed by atoms with Crippen LogP contribution in [0.3, 0.4) is 0 Å². The molecular weight excluding hydrogens is 409 g/mol. The van der Waals surface area contributed by atoms with E-state index in [-0.39, 0.29) is 5.91 Å². The molecule has 4 rings (SSSR count). The number of rotatable bonds is 3. The molecule has 2 aromatic carbocycles. The van der Waals surface area contributed by atoms with E-state index < -0.39 is 5.82 Å². The fourth-order valence-electron chi connectivity index (χ4n) is 2.91. The maximum atomic E-state index is 13.3. The van der Waals surface area contributed by atoms with Crippen LogP contribution in [0.4, 0.5) is 10.2 Å². The van der Waals surface area contributed by atoms with E-state index in [2.05, 4.69) is 21.2 Å². The zero-order valence-corrected chi connectivity index (χ0v) is 16.0. The van der Waals surface area contributed by atoms with Gasteiger partial charge in [0.1, 0.15) is 23.0 Å². The molecule has 1 amide bonds. The van der Waals surface area contributed by atoms with E-state index in [1.165, 1.54) is 18.2 Å². The predicted molar refractivity (Wildman–Crippen MR) is 107 cm³/mol. The van der Waals surface area contributed by atoms with Gasteiger partial charge in [0.2, 0.25) is 0 Å². The first kappa shape index (κ1) is 17.4. The van der Waals surface area contributed by atoms with Crippen LogP contribution < -0.4 is 5.32 Å². The van der Waals surface area contributed by atoms with Gasteiger partial charge in [0, 0.05) is 16.2 Å². The molecule has 4 nitrogen and oxygen atoms in total. The number of imidazole rings is 1. The summed E-state index contributed by atoms with van der Waals surface area (Å²) in [6.07, 6.45) is 1.87. The molecule has 27 heavy (non-hydrogen) atoms. The van der Waals surface area contributed by atoms with Gasteiger partial charge >= 0.3 is 0 Å². The molecule has 0 atom stereocenters. The van der Waals surface area contributed by atoms with Crippen LogP contribution >= 0.6 is 15.9 Å². The van der Waals surface area contributed by atoms with Crippen molar-refractivity contribution in [1.29, 1.82) is 0 Å². The van der Waals surface area contributed by atoms with Gasteiger partial charge in [0.15, 0.2) is 0 Å². The van der Waals surface area contributed by atoms with Gasteiger partial charge in [-0.1, -0.05) is 30.3 Å². The van der Waals surface area contributed by atoms with Crippen molar-refractivity contribution in [2.75, 3.05) is 5.32 Å². The maximum absolute atomic E-state index is 13.3. The number of aromatic nitrogens is 2. The van der Waals surface area contributed by atoms with Crippen LogP contribution in [0.2, 0.25) is 0 Å². The molecule has 4 aromatic rings. The molecule has 2 heterocycles. The third-order valence-electron chi connectivity index (χ3n) is 4.24. The van der Waals surface area contributed by atoms with Crippen LogP contribution in [0.5, 0.6) is 0 Å². The van der Waals surface area contributed by atoms with Gasteiger partial charge in [-0.2, -0.15) is 0 Å². The van der Waals surface area contributed by atoms with Crippen molar-refractivity contribution in [2.45, 2.75) is 6.92 Å². The summed E-state index contributed by atoms with van der Waals surface area (Å²) in [4.78, 5) is 17.5. The topological polar surface area (TPSA) is 46.4 Å². The number of fused-ring (bicyclic) bond motifs is 1. The average Bonchev–Trinajstić information content (AvgIpc) is 2.99. The second-order valence-electron chi connectivity index (χ2n) is 6.19. The van der Waals surface area contributed by atoms with Gasteiger partial charge < -0.3 is 5.32 Å². The predicted octanol–water partition coefficient (Wildman–Crippen LogP) is 5.46. The number of hydrogen-bond donors (Lipinski definition) is 1. The molecule has 0 fully saturated rings. The molecule has 0 bridgehead atoms. The van der Waals surface area contributed by atoms with Crippen molar-refractivity contribution in [3.8, 4) is 11.3 Å². The van der Waals surface area contributed by atoms with Gasteiger partial charge in [0.05, 0.1) is 5.56 Å². The molecule has 0 saturated carbocycles. The lowest BCUT2D eigenvalue weighted by molar-refractivity contribution is 0.102. The van der Waals surface area contributed by atoms with E-state index in [0.29, 0.717) is 21.5 Å². The molecule has 0 aliphatic heterocycles. The summed E-state index contributed by atoms with van der Waals surface area (Å²) in [5.74, 6) is -0.187. The van der Waals surface area contributed by atoms with E-state index in [9.17, 15) is 9.18 Å². The number of halogens is 2. The highest BCUT2D eigenvalue weighted by molar-refractivity contribution is 9.10. The number of pyridine rings is 1. The van der Waals surface area contributed by atoms with Gasteiger partial charge in [-0.25, -0.2) is 9.37 Å². The number of carbonyl (C=O) groups is 1. The van der Waals surface area contributed by atoms with Crippen molar-refractivity contribution >= 4 is 33.3 Å². The van der Waals surface area contributed by atoms with Crippen molar-refractivity contribution < 1.29 is 9.18 Å². The van der Waals surface area contributed by atoms with E-state index in [0.717, 1.165) is 16.8 Å². The Morgan fingerprint density at radius 2 is 1.89 bits per heavy atom. The molecule has 0 saturated heterocycles. The quantitative estimate of drug-likeness (QED) is 0.475. The first-order chi connectivity index (χ1) is 13.0. The Balaban J connectivity index is 1.83. The van der Waals surface area contributed by atoms with E-state index in [1.54, 1.807) is 0 Å². The lowest BCUT2D eigenvalue weighted by Gasteiger charge is -2.09. The summed E-state index contributed by atoms with van der Waals surface area (Å²) >= 11 is 3.25. The van der Waals surface area contributed by atoms with Gasteiger partial charge in [-0.05, 0) is 58.7 Å². The number of carbonyl (C=O) groups excluding carboxylic acids is 1. The van der Waals surface area contributed by atoms with Crippen molar-refractivity contribution in [3.05, 3.63) is 88.3 Å². The SMILES string of the molecule is Cc1ccn2c(NC(=O)c3ccc(F)cc3Br)c(-c3ccccc3)nc2c1. The minimum absolute atomic E-state index is 0.345. The monoisotopic (exact) mass is 423 g/mol. The third kappa shape index (κ3) is 3.36. The van der Waals surface area contributed by atoms with Crippen molar-refractivity contribution in [1.82, 2.24) is 9.38 Å². The minimum Gasteiger partial charge on any atom is -0.306 e. The fourth-order valence-corrected chi connectivity index (χ4v) is 3.44. The van der Waals surface area contributed by atoms with Crippen LogP contribution in [0.15, 0.2) is 71.3 Å². The van der Waals surface area contributed by atoms with Crippen LogP contribution in [-0.4, -0.2) is 15.3 Å². The average molecular weight is 424 g/mol. The number of amides is 1. The van der Waals surface area contributed by atoms with E-state index in [4.69, 9.17) is 4.98 Å². The molecule has 0 spiro atoms. The Bertz CT molecular complexity index is 1160. The second-order valence-corrected chi connectivity index (χ2v) is 7.04. The molecule has 0 radical (unpaired) electrons. The number of benzene rings is 2. The van der Waals surface area contributed by atoms with E-state index in [1.807, 2.05) is 60.0 Å². The summed E-state index contributed by atoms with van der Waals surface area (Å²) in [6.45, 7) is 1.99. The van der Waals surface area contributed by atoms with Crippen LogP contribution in [0.1, 0.15) is 15.9 Å². The molecule has 0 aliphatic rings. The van der Waals surface area contributed by atoms with Gasteiger partial charge in [0.25, 0.3) is 5.91 Å². The number of nitrogens with one attached hydrogen (secondary N) is 1. The van der Waals surface area contributed by atoms with Crippen molar-refractivity contribution in [3.63, 3.8) is 0 Å². The fraction of sp³-hybridized carbons (Fsp3) is 0.0476. The summed E-state index contributed by atoms with van der Waals surface area (Å²) in [6, 6.07) is 17.5. The van der Waals surface area contributed by atoms with Gasteiger partial charge in [-0.15, -0.1) is 0 Å². The van der Waals surface area contributed by atoms with Crippen LogP contribution in [0.25, 0.3) is 16.9 Å². The Kier molecular flexibility index (Phi) is 4.49. The van der Waals surface area contributed by atoms with Gasteiger partial charge in [-0.3, -0.25) is 9.20 Å². The summed E-state index contributed by atoms with van der Waals surface area (Å²) in [5.41, 5.74) is 3.73. The Labute approximate surface area is 163 Å². The number of aryl methyl sites for hydroxylation is 1. The van der Waals surface area contributed by atoms with Crippen molar-refractivity contribution in [2.24, 2.45) is 0 Å². The largest absolute Gasteiger partial charge is 0.306 e. The minimum atomic E-state index is -0.409. The normalized spacial score (nSPS) is 10.9. The van der Waals surface area contributed by atoms with E-state index >= 15 is 0 Å². The maximum Gasteiger partial charge on any atom is 0.257 e. The highest BCUT2D eigenvalue weighted by Crippen LogP contribution is 2.30. The Morgan fingerprint density at radius 1 is 1.11 bits per heavy atom. The molecule has 2 aromatic heterocycles. The lowest BCUT2D eigenvalue weighted by atomic mass is 10.1. The summed E-state index contributed by atoms with van der Waals surface area (Å²) < 4.78 is 15.6. The third-order valence-corrected chi connectivity index (χ3v) is 4.89. The molecule has 0 aliphatic carbocycles.